The average Bonchev–Trinajstić information content (AvgIpc) is 2.99. The Labute approximate surface area is 185 Å². The zero-order valence-corrected chi connectivity index (χ0v) is 19.7. The van der Waals surface area contributed by atoms with Crippen LogP contribution in [0.2, 0.25) is 0 Å². The number of rotatable bonds is 5. The standard InChI is InChI=1S/C25H35NO5/c1-9-14-31-23(29)26-19(16-12-11-13-17(15-16)24(3,4)5)21(27)18(25(6,7)8)20(26)22(28)30-10-2/h9,11-13,15,18-20H,1,10,14H2,2-8H3/t18-,19+,20+/m1/s1. The summed E-state index contributed by atoms with van der Waals surface area (Å²) >= 11 is 0. The quantitative estimate of drug-likeness (QED) is 0.495. The van der Waals surface area contributed by atoms with E-state index in [0.29, 0.717) is 5.56 Å². The molecule has 1 aliphatic heterocycles. The molecule has 31 heavy (non-hydrogen) atoms. The van der Waals surface area contributed by atoms with Gasteiger partial charge in [0.15, 0.2) is 5.78 Å². The van der Waals surface area contributed by atoms with Gasteiger partial charge >= 0.3 is 12.1 Å². The summed E-state index contributed by atoms with van der Waals surface area (Å²) in [6, 6.07) is 5.63. The lowest BCUT2D eigenvalue weighted by Gasteiger charge is -2.32. The van der Waals surface area contributed by atoms with E-state index in [9.17, 15) is 14.4 Å². The second-order valence-electron chi connectivity index (χ2n) is 9.99. The molecule has 0 bridgehead atoms. The van der Waals surface area contributed by atoms with Crippen LogP contribution in [0.3, 0.4) is 0 Å². The van der Waals surface area contributed by atoms with Crippen molar-refractivity contribution in [3.05, 3.63) is 48.0 Å². The number of benzene rings is 1. The number of amides is 1. The second kappa shape index (κ2) is 9.25. The molecule has 0 N–H and O–H groups in total. The first-order valence-corrected chi connectivity index (χ1v) is 10.7. The predicted molar refractivity (Wildman–Crippen MR) is 120 cm³/mol. The highest BCUT2D eigenvalue weighted by molar-refractivity contribution is 6.01. The fourth-order valence-electron chi connectivity index (χ4n) is 4.09. The van der Waals surface area contributed by atoms with E-state index < -0.39 is 35.5 Å². The molecule has 0 spiro atoms. The fourth-order valence-corrected chi connectivity index (χ4v) is 4.09. The van der Waals surface area contributed by atoms with E-state index >= 15 is 0 Å². The molecule has 0 aliphatic carbocycles. The van der Waals surface area contributed by atoms with Crippen LogP contribution in [0.15, 0.2) is 36.9 Å². The first-order chi connectivity index (χ1) is 14.3. The first kappa shape index (κ1) is 24.6. The topological polar surface area (TPSA) is 72.9 Å². The van der Waals surface area contributed by atoms with Gasteiger partial charge in [0.1, 0.15) is 18.7 Å². The molecule has 1 heterocycles. The molecular formula is C25H35NO5. The largest absolute Gasteiger partial charge is 0.464 e. The van der Waals surface area contributed by atoms with Gasteiger partial charge in [0.05, 0.1) is 12.5 Å². The van der Waals surface area contributed by atoms with E-state index in [4.69, 9.17) is 9.47 Å². The molecule has 0 radical (unpaired) electrons. The monoisotopic (exact) mass is 429 g/mol. The minimum Gasteiger partial charge on any atom is -0.464 e. The molecule has 1 saturated heterocycles. The Morgan fingerprint density at radius 3 is 2.29 bits per heavy atom. The molecule has 170 valence electrons. The summed E-state index contributed by atoms with van der Waals surface area (Å²) in [5.41, 5.74) is 0.982. The van der Waals surface area contributed by atoms with Gasteiger partial charge < -0.3 is 9.47 Å². The zero-order valence-electron chi connectivity index (χ0n) is 19.7. The molecule has 0 unspecified atom stereocenters. The number of esters is 1. The van der Waals surface area contributed by atoms with Crippen LogP contribution in [0.4, 0.5) is 4.79 Å². The van der Waals surface area contributed by atoms with E-state index in [0.717, 1.165) is 5.56 Å². The molecule has 2 rings (SSSR count). The Kier molecular flexibility index (Phi) is 7.35. The van der Waals surface area contributed by atoms with Crippen molar-refractivity contribution in [3.63, 3.8) is 0 Å². The van der Waals surface area contributed by atoms with E-state index in [1.54, 1.807) is 6.92 Å². The van der Waals surface area contributed by atoms with E-state index in [1.807, 2.05) is 45.0 Å². The van der Waals surface area contributed by atoms with Crippen LogP contribution in [0, 0.1) is 11.3 Å². The lowest BCUT2D eigenvalue weighted by molar-refractivity contribution is -0.151. The summed E-state index contributed by atoms with van der Waals surface area (Å²) in [7, 11) is 0. The smallest absolute Gasteiger partial charge is 0.411 e. The van der Waals surface area contributed by atoms with Crippen LogP contribution in [-0.4, -0.2) is 42.0 Å². The number of hydrogen-bond acceptors (Lipinski definition) is 5. The van der Waals surface area contributed by atoms with E-state index in [2.05, 4.69) is 27.4 Å². The lowest BCUT2D eigenvalue weighted by atomic mass is 9.74. The summed E-state index contributed by atoms with van der Waals surface area (Å²) in [5, 5.41) is 0. The Morgan fingerprint density at radius 2 is 1.77 bits per heavy atom. The van der Waals surface area contributed by atoms with Crippen molar-refractivity contribution in [2.75, 3.05) is 13.2 Å². The minimum absolute atomic E-state index is 0.0198. The maximum Gasteiger partial charge on any atom is 0.411 e. The van der Waals surface area contributed by atoms with Crippen LogP contribution in [0.25, 0.3) is 0 Å². The summed E-state index contributed by atoms with van der Waals surface area (Å²) < 4.78 is 10.6. The highest BCUT2D eigenvalue weighted by Gasteiger charge is 2.58. The van der Waals surface area contributed by atoms with Gasteiger partial charge in [-0.15, -0.1) is 0 Å². The summed E-state index contributed by atoms with van der Waals surface area (Å²) in [6.45, 7) is 17.3. The number of hydrogen-bond donors (Lipinski definition) is 0. The van der Waals surface area contributed by atoms with Crippen molar-refractivity contribution >= 4 is 17.8 Å². The molecule has 1 amide bonds. The molecule has 1 aromatic rings. The molecule has 6 nitrogen and oxygen atoms in total. The summed E-state index contributed by atoms with van der Waals surface area (Å²) in [5.74, 6) is -1.51. The maximum atomic E-state index is 13.7. The number of nitrogens with zero attached hydrogens (tertiary/aromatic N) is 1. The molecule has 0 saturated carbocycles. The normalized spacial score (nSPS) is 21.7. The SMILES string of the molecule is C=CCOC(=O)N1[C@@H](c2cccc(C(C)(C)C)c2)C(=O)[C@H](C(C)(C)C)[C@H]1C(=O)OCC. The Bertz CT molecular complexity index is 846. The molecule has 3 atom stereocenters. The Balaban J connectivity index is 2.68. The van der Waals surface area contributed by atoms with Gasteiger partial charge in [0.2, 0.25) is 0 Å². The van der Waals surface area contributed by atoms with Crippen LogP contribution >= 0.6 is 0 Å². The van der Waals surface area contributed by atoms with Crippen molar-refractivity contribution in [1.29, 1.82) is 0 Å². The zero-order chi connectivity index (χ0) is 23.6. The van der Waals surface area contributed by atoms with Gasteiger partial charge in [-0.3, -0.25) is 9.69 Å². The minimum atomic E-state index is -1.06. The summed E-state index contributed by atoms with van der Waals surface area (Å²) in [6.07, 6.45) is 0.718. The third-order valence-corrected chi connectivity index (χ3v) is 5.53. The fraction of sp³-hybridized carbons (Fsp3) is 0.560. The number of ketones is 1. The van der Waals surface area contributed by atoms with E-state index in [1.165, 1.54) is 11.0 Å². The van der Waals surface area contributed by atoms with Crippen LogP contribution in [0.5, 0.6) is 0 Å². The van der Waals surface area contributed by atoms with E-state index in [-0.39, 0.29) is 24.4 Å². The van der Waals surface area contributed by atoms with Crippen molar-refractivity contribution in [3.8, 4) is 0 Å². The molecule has 0 aromatic heterocycles. The van der Waals surface area contributed by atoms with Crippen LogP contribution < -0.4 is 0 Å². The van der Waals surface area contributed by atoms with Crippen LogP contribution in [-0.2, 0) is 24.5 Å². The molecule has 1 fully saturated rings. The van der Waals surface area contributed by atoms with Gasteiger partial charge in [-0.05, 0) is 28.9 Å². The predicted octanol–water partition coefficient (Wildman–Crippen LogP) is 4.83. The molecule has 1 aliphatic rings. The third-order valence-electron chi connectivity index (χ3n) is 5.53. The van der Waals surface area contributed by atoms with Crippen molar-refractivity contribution in [2.24, 2.45) is 11.3 Å². The Hall–Kier alpha value is -2.63. The van der Waals surface area contributed by atoms with Crippen LogP contribution in [0.1, 0.15) is 65.6 Å². The van der Waals surface area contributed by atoms with Gasteiger partial charge in [-0.2, -0.15) is 0 Å². The van der Waals surface area contributed by atoms with Gasteiger partial charge in [-0.1, -0.05) is 78.5 Å². The van der Waals surface area contributed by atoms with Crippen molar-refractivity contribution < 1.29 is 23.9 Å². The van der Waals surface area contributed by atoms with Crippen molar-refractivity contribution in [2.45, 2.75) is 66.0 Å². The molecule has 6 heteroatoms. The number of carbonyl (C=O) groups is 3. The van der Waals surface area contributed by atoms with Crippen molar-refractivity contribution in [1.82, 2.24) is 4.90 Å². The highest BCUT2D eigenvalue weighted by Crippen LogP contribution is 2.46. The number of carbonyl (C=O) groups excluding carboxylic acids is 3. The van der Waals surface area contributed by atoms with Gasteiger partial charge in [-0.25, -0.2) is 9.59 Å². The second-order valence-corrected chi connectivity index (χ2v) is 9.99. The van der Waals surface area contributed by atoms with Gasteiger partial charge in [0, 0.05) is 0 Å². The van der Waals surface area contributed by atoms with Gasteiger partial charge in [0.25, 0.3) is 0 Å². The first-order valence-electron chi connectivity index (χ1n) is 10.7. The Morgan fingerprint density at radius 1 is 1.13 bits per heavy atom. The third kappa shape index (κ3) is 5.17. The summed E-state index contributed by atoms with van der Waals surface area (Å²) in [4.78, 5) is 41.1. The lowest BCUT2D eigenvalue weighted by Crippen LogP contribution is -2.48. The average molecular weight is 430 g/mol. The maximum absolute atomic E-state index is 13.7. The number of ether oxygens (including phenoxy) is 2. The molecule has 1 aromatic carbocycles. The number of likely N-dealkylation sites (tertiary alicyclic amines) is 1. The highest BCUT2D eigenvalue weighted by atomic mass is 16.6. The molecular weight excluding hydrogens is 394 g/mol. The number of Topliss-reactive ketones (excluding diaryl/α,β-unsaturated/α-hetero) is 1.